The Hall–Kier alpha value is -2.74. The molecule has 0 aliphatic rings. The van der Waals surface area contributed by atoms with Gasteiger partial charge in [0.15, 0.2) is 15.7 Å². The van der Waals surface area contributed by atoms with E-state index in [1.54, 1.807) is 44.3 Å². The van der Waals surface area contributed by atoms with Crippen molar-refractivity contribution in [2.45, 2.75) is 44.3 Å². The van der Waals surface area contributed by atoms with E-state index in [1.807, 2.05) is 19.9 Å². The zero-order valence-electron chi connectivity index (χ0n) is 15.8. The van der Waals surface area contributed by atoms with Crippen molar-refractivity contribution in [3.05, 3.63) is 59.2 Å². The molecule has 0 fully saturated rings. The third kappa shape index (κ3) is 4.16. The van der Waals surface area contributed by atoms with Gasteiger partial charge in [0, 0.05) is 23.9 Å². The summed E-state index contributed by atoms with van der Waals surface area (Å²) in [7, 11) is -3.31. The Morgan fingerprint density at radius 2 is 1.96 bits per heavy atom. The molecule has 0 unspecified atom stereocenters. The summed E-state index contributed by atoms with van der Waals surface area (Å²) in [6.07, 6.45) is 2.11. The molecule has 7 nitrogen and oxygen atoms in total. The monoisotopic (exact) mass is 385 g/mol. The van der Waals surface area contributed by atoms with Crippen LogP contribution in [-0.4, -0.2) is 33.8 Å². The number of hydrogen-bond donors (Lipinski definition) is 2. The second kappa shape index (κ2) is 7.48. The first-order chi connectivity index (χ1) is 12.8. The number of nitrogens with one attached hydrogen (secondary N) is 2. The summed E-state index contributed by atoms with van der Waals surface area (Å²) in [4.78, 5) is 9.14. The molecule has 2 aromatic heterocycles. The normalized spacial score (nSPS) is 11.7. The number of sulfone groups is 1. The number of aromatic nitrogens is 4. The van der Waals surface area contributed by atoms with Crippen molar-refractivity contribution < 1.29 is 8.42 Å². The fourth-order valence-corrected chi connectivity index (χ4v) is 3.70. The van der Waals surface area contributed by atoms with Gasteiger partial charge in [0.2, 0.25) is 0 Å². The van der Waals surface area contributed by atoms with Gasteiger partial charge in [0.25, 0.3) is 0 Å². The number of benzene rings is 1. The van der Waals surface area contributed by atoms with Gasteiger partial charge < -0.3 is 5.32 Å². The summed E-state index contributed by atoms with van der Waals surface area (Å²) in [6.45, 7) is 7.29. The lowest BCUT2D eigenvalue weighted by Gasteiger charge is -2.10. The lowest BCUT2D eigenvalue weighted by atomic mass is 10.1. The predicted molar refractivity (Wildman–Crippen MR) is 105 cm³/mol. The molecule has 3 rings (SSSR count). The van der Waals surface area contributed by atoms with Crippen LogP contribution in [0.25, 0.3) is 0 Å². The standard InChI is InChI=1S/C19H23N5O2S/c1-12(2)27(25,26)16-7-5-6-15(10-16)11-18-20-9-8-17(21-18)22-19-13(3)14(4)23-24-19/h5-10,12H,11H2,1-4H3,(H2,20,21,22,23,24). The molecule has 0 aliphatic heterocycles. The van der Waals surface area contributed by atoms with E-state index >= 15 is 0 Å². The number of H-pyrrole nitrogens is 1. The van der Waals surface area contributed by atoms with E-state index in [-0.39, 0.29) is 0 Å². The molecule has 8 heteroatoms. The van der Waals surface area contributed by atoms with Gasteiger partial charge in [0.05, 0.1) is 10.1 Å². The molecule has 0 atom stereocenters. The van der Waals surface area contributed by atoms with E-state index in [0.29, 0.717) is 23.0 Å². The molecule has 0 amide bonds. The van der Waals surface area contributed by atoms with Gasteiger partial charge in [-0.15, -0.1) is 0 Å². The highest BCUT2D eigenvalue weighted by Crippen LogP contribution is 2.20. The molecule has 0 saturated carbocycles. The molecule has 2 N–H and O–H groups in total. The van der Waals surface area contributed by atoms with E-state index in [0.717, 1.165) is 22.6 Å². The van der Waals surface area contributed by atoms with Crippen molar-refractivity contribution in [3.63, 3.8) is 0 Å². The number of nitrogens with zero attached hydrogens (tertiary/aromatic N) is 3. The Balaban J connectivity index is 1.82. The van der Waals surface area contributed by atoms with Crippen molar-refractivity contribution in [2.75, 3.05) is 5.32 Å². The first-order valence-electron chi connectivity index (χ1n) is 8.70. The molecular weight excluding hydrogens is 362 g/mol. The Kier molecular flexibility index (Phi) is 5.27. The van der Waals surface area contributed by atoms with Crippen molar-refractivity contribution >= 4 is 21.5 Å². The van der Waals surface area contributed by atoms with Gasteiger partial charge in [-0.3, -0.25) is 5.10 Å². The minimum atomic E-state index is -3.31. The smallest absolute Gasteiger partial charge is 0.180 e. The van der Waals surface area contributed by atoms with E-state index in [1.165, 1.54) is 0 Å². The predicted octanol–water partition coefficient (Wildman–Crippen LogP) is 3.33. The highest BCUT2D eigenvalue weighted by Gasteiger charge is 2.19. The van der Waals surface area contributed by atoms with E-state index in [2.05, 4.69) is 25.5 Å². The Morgan fingerprint density at radius 3 is 2.63 bits per heavy atom. The molecule has 27 heavy (non-hydrogen) atoms. The molecule has 2 heterocycles. The van der Waals surface area contributed by atoms with E-state index in [9.17, 15) is 8.42 Å². The SMILES string of the molecule is Cc1[nH]nc(Nc2ccnc(Cc3cccc(S(=O)(=O)C(C)C)c3)n2)c1C. The van der Waals surface area contributed by atoms with Crippen LogP contribution < -0.4 is 5.32 Å². The third-order valence-electron chi connectivity index (χ3n) is 4.41. The van der Waals surface area contributed by atoms with Gasteiger partial charge in [0.1, 0.15) is 11.6 Å². The number of hydrogen-bond acceptors (Lipinski definition) is 6. The number of anilines is 2. The van der Waals surface area contributed by atoms with Crippen molar-refractivity contribution in [1.82, 2.24) is 20.2 Å². The van der Waals surface area contributed by atoms with Crippen molar-refractivity contribution in [2.24, 2.45) is 0 Å². The minimum absolute atomic E-state index is 0.326. The zero-order chi connectivity index (χ0) is 19.6. The maximum absolute atomic E-state index is 12.4. The lowest BCUT2D eigenvalue weighted by Crippen LogP contribution is -2.14. The highest BCUT2D eigenvalue weighted by molar-refractivity contribution is 7.92. The summed E-state index contributed by atoms with van der Waals surface area (Å²) in [5, 5.41) is 9.86. The summed E-state index contributed by atoms with van der Waals surface area (Å²) in [5.74, 6) is 1.96. The van der Waals surface area contributed by atoms with E-state index in [4.69, 9.17) is 0 Å². The van der Waals surface area contributed by atoms with Crippen LogP contribution in [0.15, 0.2) is 41.4 Å². The van der Waals surface area contributed by atoms with Crippen LogP contribution in [0, 0.1) is 13.8 Å². The van der Waals surface area contributed by atoms with Crippen LogP contribution in [0.1, 0.15) is 36.5 Å². The van der Waals surface area contributed by atoms with Gasteiger partial charge in [-0.2, -0.15) is 5.10 Å². The summed E-state index contributed by atoms with van der Waals surface area (Å²) >= 11 is 0. The number of aryl methyl sites for hydroxylation is 1. The fraction of sp³-hybridized carbons (Fsp3) is 0.316. The quantitative estimate of drug-likeness (QED) is 0.675. The molecule has 0 saturated heterocycles. The molecule has 0 aliphatic carbocycles. The van der Waals surface area contributed by atoms with Crippen molar-refractivity contribution in [3.8, 4) is 0 Å². The first-order valence-corrected chi connectivity index (χ1v) is 10.3. The van der Waals surface area contributed by atoms with Gasteiger partial charge in [-0.05, 0) is 51.5 Å². The maximum Gasteiger partial charge on any atom is 0.180 e. The average Bonchev–Trinajstić information content (AvgIpc) is 2.94. The first kappa shape index (κ1) is 19.0. The lowest BCUT2D eigenvalue weighted by molar-refractivity contribution is 0.587. The van der Waals surface area contributed by atoms with Crippen LogP contribution >= 0.6 is 0 Å². The van der Waals surface area contributed by atoms with Crippen LogP contribution in [-0.2, 0) is 16.3 Å². The molecule has 0 spiro atoms. The molecular formula is C19H23N5O2S. The number of aromatic amines is 1. The van der Waals surface area contributed by atoms with E-state index < -0.39 is 15.1 Å². The van der Waals surface area contributed by atoms with Gasteiger partial charge >= 0.3 is 0 Å². The third-order valence-corrected chi connectivity index (χ3v) is 6.57. The second-order valence-corrected chi connectivity index (χ2v) is 9.23. The van der Waals surface area contributed by atoms with Gasteiger partial charge in [-0.25, -0.2) is 18.4 Å². The Labute approximate surface area is 159 Å². The second-order valence-electron chi connectivity index (χ2n) is 6.72. The van der Waals surface area contributed by atoms with Crippen LogP contribution in [0.4, 0.5) is 11.6 Å². The minimum Gasteiger partial charge on any atom is -0.323 e. The summed E-state index contributed by atoms with van der Waals surface area (Å²) < 4.78 is 24.8. The van der Waals surface area contributed by atoms with Gasteiger partial charge in [-0.1, -0.05) is 12.1 Å². The zero-order valence-corrected chi connectivity index (χ0v) is 16.6. The topological polar surface area (TPSA) is 101 Å². The van der Waals surface area contributed by atoms with Crippen molar-refractivity contribution in [1.29, 1.82) is 0 Å². The summed E-state index contributed by atoms with van der Waals surface area (Å²) in [6, 6.07) is 8.72. The Bertz CT molecular complexity index is 1060. The molecule has 0 radical (unpaired) electrons. The van der Waals surface area contributed by atoms with Crippen LogP contribution in [0.3, 0.4) is 0 Å². The van der Waals surface area contributed by atoms with Crippen LogP contribution in [0.5, 0.6) is 0 Å². The average molecular weight is 385 g/mol. The maximum atomic E-state index is 12.4. The largest absolute Gasteiger partial charge is 0.323 e. The Morgan fingerprint density at radius 1 is 1.19 bits per heavy atom. The fourth-order valence-electron chi connectivity index (χ4n) is 2.57. The van der Waals surface area contributed by atoms with Crippen LogP contribution in [0.2, 0.25) is 0 Å². The summed E-state index contributed by atoms with van der Waals surface area (Å²) in [5.41, 5.74) is 2.87. The molecule has 3 aromatic rings. The molecule has 1 aromatic carbocycles. The molecule has 0 bridgehead atoms. The molecule has 142 valence electrons. The number of rotatable bonds is 6. The highest BCUT2D eigenvalue weighted by atomic mass is 32.2.